The summed E-state index contributed by atoms with van der Waals surface area (Å²) in [7, 11) is 0. The summed E-state index contributed by atoms with van der Waals surface area (Å²) < 4.78 is 9.32. The van der Waals surface area contributed by atoms with E-state index in [4.69, 9.17) is 10.5 Å². The average molecular weight is 402 g/mol. The molecule has 152 valence electrons. The second-order valence-electron chi connectivity index (χ2n) is 7.33. The molecule has 1 fully saturated rings. The van der Waals surface area contributed by atoms with Crippen molar-refractivity contribution in [1.29, 1.82) is 0 Å². The number of nitrogens with zero attached hydrogens (tertiary/aromatic N) is 4. The van der Waals surface area contributed by atoms with Gasteiger partial charge >= 0.3 is 5.69 Å². The minimum absolute atomic E-state index is 0.0890. The average Bonchev–Trinajstić information content (AvgIpc) is 3.09. The summed E-state index contributed by atoms with van der Waals surface area (Å²) in [4.78, 5) is 21.7. The highest BCUT2D eigenvalue weighted by molar-refractivity contribution is 5.87. The van der Waals surface area contributed by atoms with E-state index >= 15 is 0 Å². The molecule has 0 amide bonds. The van der Waals surface area contributed by atoms with Crippen molar-refractivity contribution in [1.82, 2.24) is 24.4 Å². The molecule has 4 heterocycles. The third-order valence-corrected chi connectivity index (χ3v) is 5.43. The highest BCUT2D eigenvalue weighted by Crippen LogP contribution is 2.28. The van der Waals surface area contributed by atoms with Crippen molar-refractivity contribution < 1.29 is 4.74 Å². The van der Waals surface area contributed by atoms with Crippen molar-refractivity contribution in [3.05, 3.63) is 71.5 Å². The molecular weight excluding hydrogens is 380 g/mol. The van der Waals surface area contributed by atoms with Gasteiger partial charge < -0.3 is 15.8 Å². The van der Waals surface area contributed by atoms with E-state index in [2.05, 4.69) is 15.3 Å². The molecule has 0 bridgehead atoms. The normalized spacial score (nSPS) is 16.6. The summed E-state index contributed by atoms with van der Waals surface area (Å²) >= 11 is 0. The van der Waals surface area contributed by atoms with Crippen LogP contribution in [0.15, 0.2) is 65.8 Å². The smallest absolute Gasteiger partial charge is 0.334 e. The molecule has 0 saturated carbocycles. The van der Waals surface area contributed by atoms with Gasteiger partial charge in [-0.3, -0.25) is 14.1 Å². The Morgan fingerprint density at radius 1 is 1.03 bits per heavy atom. The lowest BCUT2D eigenvalue weighted by molar-refractivity contribution is 0.370. The summed E-state index contributed by atoms with van der Waals surface area (Å²) in [6.45, 7) is 1.74. The van der Waals surface area contributed by atoms with Crippen LogP contribution < -0.4 is 21.5 Å². The Hall–Kier alpha value is -3.65. The zero-order valence-electron chi connectivity index (χ0n) is 16.4. The van der Waals surface area contributed by atoms with Gasteiger partial charge in [-0.25, -0.2) is 9.78 Å². The molecule has 8 nitrogen and oxygen atoms in total. The second kappa shape index (κ2) is 7.64. The predicted molar refractivity (Wildman–Crippen MR) is 115 cm³/mol. The molecule has 1 aliphatic heterocycles. The van der Waals surface area contributed by atoms with Crippen LogP contribution in [0.2, 0.25) is 0 Å². The number of imidazole rings is 1. The standard InChI is InChI=1S/C22H22N6O2/c23-21-20-19(9-13-26-21)27(16-2-1-10-25-14-16)22(29)28(20)15-3-5-17(6-4-15)30-18-7-11-24-12-8-18/h3-9,11-13,16,25H,1-2,10,14H2,(H2,23,26)/t16-/m1/s1. The van der Waals surface area contributed by atoms with Crippen molar-refractivity contribution in [3.8, 4) is 17.2 Å². The van der Waals surface area contributed by atoms with Gasteiger partial charge in [0.25, 0.3) is 0 Å². The first-order valence-corrected chi connectivity index (χ1v) is 9.99. The number of nitrogen functional groups attached to an aromatic ring is 1. The number of hydrogen-bond donors (Lipinski definition) is 2. The third kappa shape index (κ3) is 3.21. The van der Waals surface area contributed by atoms with Crippen molar-refractivity contribution >= 4 is 16.9 Å². The zero-order chi connectivity index (χ0) is 20.5. The minimum atomic E-state index is -0.110. The van der Waals surface area contributed by atoms with Crippen LogP contribution in [0.5, 0.6) is 11.5 Å². The molecule has 0 aliphatic carbocycles. The molecule has 8 heteroatoms. The Balaban J connectivity index is 1.59. The van der Waals surface area contributed by atoms with Crippen LogP contribution in [0.1, 0.15) is 18.9 Å². The van der Waals surface area contributed by atoms with Crippen LogP contribution in [0.3, 0.4) is 0 Å². The van der Waals surface area contributed by atoms with E-state index in [0.717, 1.165) is 31.4 Å². The van der Waals surface area contributed by atoms with Crippen LogP contribution >= 0.6 is 0 Å². The Kier molecular flexibility index (Phi) is 4.68. The quantitative estimate of drug-likeness (QED) is 0.544. The molecule has 1 aromatic carbocycles. The maximum Gasteiger partial charge on any atom is 0.334 e. The molecule has 5 rings (SSSR count). The SMILES string of the molecule is Nc1nccc2c1n(-c1ccc(Oc3ccncc3)cc1)c(=O)n2[C@@H]1CCCNC1. The topological polar surface area (TPSA) is 100.0 Å². The van der Waals surface area contributed by atoms with Gasteiger partial charge in [-0.05, 0) is 61.9 Å². The molecule has 1 aliphatic rings. The molecule has 0 spiro atoms. The second-order valence-corrected chi connectivity index (χ2v) is 7.33. The molecule has 0 unspecified atom stereocenters. The maximum absolute atomic E-state index is 13.5. The van der Waals surface area contributed by atoms with Gasteiger partial charge in [0.05, 0.1) is 17.2 Å². The van der Waals surface area contributed by atoms with Crippen LogP contribution in [0.4, 0.5) is 5.82 Å². The van der Waals surface area contributed by atoms with Crippen LogP contribution in [-0.2, 0) is 0 Å². The van der Waals surface area contributed by atoms with Crippen molar-refractivity contribution in [2.75, 3.05) is 18.8 Å². The minimum Gasteiger partial charge on any atom is -0.457 e. The van der Waals surface area contributed by atoms with E-state index in [9.17, 15) is 4.79 Å². The monoisotopic (exact) mass is 402 g/mol. The first-order chi connectivity index (χ1) is 14.7. The highest BCUT2D eigenvalue weighted by atomic mass is 16.5. The van der Waals surface area contributed by atoms with Gasteiger partial charge in [0.15, 0.2) is 0 Å². The fraction of sp³-hybridized carbons (Fsp3) is 0.227. The fourth-order valence-corrected chi connectivity index (χ4v) is 4.04. The summed E-state index contributed by atoms with van der Waals surface area (Å²) in [5, 5.41) is 3.38. The molecule has 0 radical (unpaired) electrons. The number of pyridine rings is 2. The van der Waals surface area contributed by atoms with Gasteiger partial charge in [-0.2, -0.15) is 0 Å². The van der Waals surface area contributed by atoms with E-state index in [1.165, 1.54) is 0 Å². The number of nitrogens with two attached hydrogens (primary N) is 1. The fourth-order valence-electron chi connectivity index (χ4n) is 4.04. The number of fused-ring (bicyclic) bond motifs is 1. The zero-order valence-corrected chi connectivity index (χ0v) is 16.4. The number of hydrogen-bond acceptors (Lipinski definition) is 6. The summed E-state index contributed by atoms with van der Waals surface area (Å²) in [5.74, 6) is 1.71. The van der Waals surface area contributed by atoms with Gasteiger partial charge in [-0.15, -0.1) is 0 Å². The van der Waals surface area contributed by atoms with Gasteiger partial charge in [-0.1, -0.05) is 0 Å². The van der Waals surface area contributed by atoms with E-state index in [1.54, 1.807) is 35.3 Å². The summed E-state index contributed by atoms with van der Waals surface area (Å²) in [5.41, 5.74) is 8.25. The summed E-state index contributed by atoms with van der Waals surface area (Å²) in [6, 6.07) is 12.9. The molecule has 1 atom stereocenters. The number of anilines is 1. The number of ether oxygens (including phenoxy) is 1. The van der Waals surface area contributed by atoms with Gasteiger partial charge in [0.1, 0.15) is 22.8 Å². The third-order valence-electron chi connectivity index (χ3n) is 5.43. The molecule has 1 saturated heterocycles. The number of piperidine rings is 1. The Morgan fingerprint density at radius 3 is 2.53 bits per heavy atom. The highest BCUT2D eigenvalue weighted by Gasteiger charge is 2.24. The lowest BCUT2D eigenvalue weighted by Gasteiger charge is -2.23. The maximum atomic E-state index is 13.5. The number of nitrogens with one attached hydrogen (secondary N) is 1. The first-order valence-electron chi connectivity index (χ1n) is 9.99. The van der Waals surface area contributed by atoms with Crippen LogP contribution in [0, 0.1) is 0 Å². The van der Waals surface area contributed by atoms with Gasteiger partial charge in [0, 0.05) is 25.1 Å². The first kappa shape index (κ1) is 18.4. The number of aromatic nitrogens is 4. The number of benzene rings is 1. The lowest BCUT2D eigenvalue weighted by atomic mass is 10.1. The Bertz CT molecular complexity index is 1220. The van der Waals surface area contributed by atoms with E-state index in [-0.39, 0.29) is 11.7 Å². The van der Waals surface area contributed by atoms with E-state index < -0.39 is 0 Å². The van der Waals surface area contributed by atoms with Crippen LogP contribution in [0.25, 0.3) is 16.7 Å². The van der Waals surface area contributed by atoms with Gasteiger partial charge in [0.2, 0.25) is 0 Å². The molecular formula is C22H22N6O2. The number of rotatable bonds is 4. The predicted octanol–water partition coefficient (Wildman–Crippen LogP) is 2.88. The van der Waals surface area contributed by atoms with Crippen molar-refractivity contribution in [2.45, 2.75) is 18.9 Å². The van der Waals surface area contributed by atoms with Crippen LogP contribution in [-0.4, -0.2) is 32.2 Å². The summed E-state index contributed by atoms with van der Waals surface area (Å²) in [6.07, 6.45) is 6.99. The van der Waals surface area contributed by atoms with Crippen molar-refractivity contribution in [2.24, 2.45) is 0 Å². The lowest BCUT2D eigenvalue weighted by Crippen LogP contribution is -2.36. The molecule has 3 N–H and O–H groups in total. The van der Waals surface area contributed by atoms with E-state index in [0.29, 0.717) is 28.5 Å². The Morgan fingerprint density at radius 2 is 1.80 bits per heavy atom. The molecule has 30 heavy (non-hydrogen) atoms. The van der Waals surface area contributed by atoms with E-state index in [1.807, 2.05) is 34.9 Å². The molecule has 4 aromatic rings. The largest absolute Gasteiger partial charge is 0.457 e. The Labute approximate surface area is 172 Å². The molecule has 3 aromatic heterocycles. The van der Waals surface area contributed by atoms with Crippen molar-refractivity contribution in [3.63, 3.8) is 0 Å².